The van der Waals surface area contributed by atoms with E-state index in [2.05, 4.69) is 24.2 Å². The van der Waals surface area contributed by atoms with Crippen LogP contribution in [0.4, 0.5) is 0 Å². The minimum atomic E-state index is -0.702. The quantitative estimate of drug-likeness (QED) is 0.698. The maximum absolute atomic E-state index is 10.4. The molecule has 2 unspecified atom stereocenters. The maximum Gasteiger partial charge on any atom is 0.303 e. The second kappa shape index (κ2) is 5.32. The molecule has 4 nitrogen and oxygen atoms in total. The first kappa shape index (κ1) is 11.5. The molecular formula is C10H20N2O2. The molecule has 2 N–H and O–H groups in total. The summed E-state index contributed by atoms with van der Waals surface area (Å²) in [6, 6.07) is 0.929. The number of aliphatic carboxylic acids is 1. The lowest BCUT2D eigenvalue weighted by atomic mass is 10.1. The third-order valence-corrected chi connectivity index (χ3v) is 2.96. The van der Waals surface area contributed by atoms with Crippen LogP contribution in [0.2, 0.25) is 0 Å². The summed E-state index contributed by atoms with van der Waals surface area (Å²) in [6.07, 6.45) is 2.13. The highest BCUT2D eigenvalue weighted by atomic mass is 16.4. The van der Waals surface area contributed by atoms with Crippen LogP contribution in [-0.2, 0) is 4.79 Å². The molecule has 1 aliphatic heterocycles. The number of carbonyl (C=O) groups is 1. The smallest absolute Gasteiger partial charge is 0.303 e. The molecule has 14 heavy (non-hydrogen) atoms. The van der Waals surface area contributed by atoms with E-state index in [4.69, 9.17) is 5.11 Å². The predicted octanol–water partition coefficient (Wildman–Crippen LogP) is 0.533. The Morgan fingerprint density at radius 1 is 1.64 bits per heavy atom. The van der Waals surface area contributed by atoms with E-state index in [9.17, 15) is 4.79 Å². The largest absolute Gasteiger partial charge is 0.481 e. The van der Waals surface area contributed by atoms with Crippen molar-refractivity contribution >= 4 is 5.97 Å². The lowest BCUT2D eigenvalue weighted by Gasteiger charge is -2.24. The molecule has 1 rings (SSSR count). The summed E-state index contributed by atoms with van der Waals surface area (Å²) in [5, 5.41) is 12.0. The second-order valence-corrected chi connectivity index (χ2v) is 4.16. The Morgan fingerprint density at radius 3 is 3.00 bits per heavy atom. The normalized spacial score (nSPS) is 29.9. The molecule has 1 heterocycles. The van der Waals surface area contributed by atoms with Gasteiger partial charge < -0.3 is 15.3 Å². The SMILES string of the molecule is CC1CCNC(CCC(=O)O)CN1C. The fourth-order valence-corrected chi connectivity index (χ4v) is 1.80. The zero-order valence-electron chi connectivity index (χ0n) is 8.99. The van der Waals surface area contributed by atoms with E-state index in [0.29, 0.717) is 12.1 Å². The molecule has 0 amide bonds. The number of nitrogens with zero attached hydrogens (tertiary/aromatic N) is 1. The summed E-state index contributed by atoms with van der Waals surface area (Å²) in [5.41, 5.74) is 0. The molecule has 0 spiro atoms. The van der Waals surface area contributed by atoms with Gasteiger partial charge in [-0.15, -0.1) is 0 Å². The Bertz CT molecular complexity index is 197. The van der Waals surface area contributed by atoms with Gasteiger partial charge in [0.15, 0.2) is 0 Å². The molecule has 1 aliphatic rings. The summed E-state index contributed by atoms with van der Waals surface area (Å²) >= 11 is 0. The first-order valence-electron chi connectivity index (χ1n) is 5.25. The fourth-order valence-electron chi connectivity index (χ4n) is 1.80. The van der Waals surface area contributed by atoms with Crippen LogP contribution in [0.1, 0.15) is 26.2 Å². The number of hydrogen-bond donors (Lipinski definition) is 2. The number of rotatable bonds is 3. The molecular weight excluding hydrogens is 180 g/mol. The number of hydrogen-bond acceptors (Lipinski definition) is 3. The molecule has 4 heteroatoms. The van der Waals surface area contributed by atoms with Gasteiger partial charge in [-0.25, -0.2) is 0 Å². The van der Waals surface area contributed by atoms with E-state index in [1.807, 2.05) is 0 Å². The highest BCUT2D eigenvalue weighted by Crippen LogP contribution is 2.09. The van der Waals surface area contributed by atoms with Crippen LogP contribution in [0.5, 0.6) is 0 Å². The number of likely N-dealkylation sites (N-methyl/N-ethyl adjacent to an activating group) is 1. The van der Waals surface area contributed by atoms with Crippen LogP contribution in [0.15, 0.2) is 0 Å². The van der Waals surface area contributed by atoms with Gasteiger partial charge in [-0.2, -0.15) is 0 Å². The third-order valence-electron chi connectivity index (χ3n) is 2.96. The van der Waals surface area contributed by atoms with Crippen molar-refractivity contribution in [3.05, 3.63) is 0 Å². The average molecular weight is 200 g/mol. The Kier molecular flexibility index (Phi) is 4.35. The van der Waals surface area contributed by atoms with Crippen LogP contribution in [0.25, 0.3) is 0 Å². The minimum absolute atomic E-state index is 0.264. The average Bonchev–Trinajstić information content (AvgIpc) is 2.26. The molecule has 82 valence electrons. The number of carboxylic acid groups (broad SMARTS) is 1. The lowest BCUT2D eigenvalue weighted by Crippen LogP contribution is -2.38. The van der Waals surface area contributed by atoms with Crippen LogP contribution < -0.4 is 5.32 Å². The van der Waals surface area contributed by atoms with Crippen molar-refractivity contribution in [2.24, 2.45) is 0 Å². The van der Waals surface area contributed by atoms with Crippen LogP contribution in [-0.4, -0.2) is 48.2 Å². The predicted molar refractivity (Wildman–Crippen MR) is 55.4 cm³/mol. The minimum Gasteiger partial charge on any atom is -0.481 e. The van der Waals surface area contributed by atoms with Gasteiger partial charge in [0.05, 0.1) is 0 Å². The van der Waals surface area contributed by atoms with E-state index in [1.165, 1.54) is 0 Å². The molecule has 0 bridgehead atoms. The van der Waals surface area contributed by atoms with Gasteiger partial charge in [-0.05, 0) is 33.4 Å². The highest BCUT2D eigenvalue weighted by molar-refractivity contribution is 5.66. The Hall–Kier alpha value is -0.610. The van der Waals surface area contributed by atoms with Gasteiger partial charge in [0.2, 0.25) is 0 Å². The zero-order valence-corrected chi connectivity index (χ0v) is 8.99. The van der Waals surface area contributed by atoms with Gasteiger partial charge in [0.1, 0.15) is 0 Å². The van der Waals surface area contributed by atoms with Crippen LogP contribution in [0, 0.1) is 0 Å². The van der Waals surface area contributed by atoms with E-state index in [-0.39, 0.29) is 6.42 Å². The van der Waals surface area contributed by atoms with Crippen molar-refractivity contribution in [3.8, 4) is 0 Å². The summed E-state index contributed by atoms with van der Waals surface area (Å²) in [6.45, 7) is 4.16. The molecule has 2 atom stereocenters. The Morgan fingerprint density at radius 2 is 2.36 bits per heavy atom. The molecule has 0 aromatic carbocycles. The lowest BCUT2D eigenvalue weighted by molar-refractivity contribution is -0.137. The molecule has 0 radical (unpaired) electrons. The molecule has 0 saturated carbocycles. The van der Waals surface area contributed by atoms with Gasteiger partial charge in [0.25, 0.3) is 0 Å². The Balaban J connectivity index is 2.34. The van der Waals surface area contributed by atoms with E-state index < -0.39 is 5.97 Å². The first-order chi connectivity index (χ1) is 6.59. The number of carboxylic acids is 1. The van der Waals surface area contributed by atoms with Crippen LogP contribution in [0.3, 0.4) is 0 Å². The topological polar surface area (TPSA) is 52.6 Å². The highest BCUT2D eigenvalue weighted by Gasteiger charge is 2.19. The third kappa shape index (κ3) is 3.64. The standard InChI is InChI=1S/C10H20N2O2/c1-8-5-6-11-9(7-12(8)2)3-4-10(13)14/h8-9,11H,3-7H2,1-2H3,(H,13,14). The fraction of sp³-hybridized carbons (Fsp3) is 0.900. The van der Waals surface area contributed by atoms with Crippen molar-refractivity contribution in [2.45, 2.75) is 38.3 Å². The maximum atomic E-state index is 10.4. The van der Waals surface area contributed by atoms with Crippen molar-refractivity contribution in [3.63, 3.8) is 0 Å². The van der Waals surface area contributed by atoms with E-state index in [1.54, 1.807) is 0 Å². The van der Waals surface area contributed by atoms with Gasteiger partial charge >= 0.3 is 5.97 Å². The molecule has 0 aromatic heterocycles. The van der Waals surface area contributed by atoms with E-state index >= 15 is 0 Å². The summed E-state index contributed by atoms with van der Waals surface area (Å²) in [5.74, 6) is -0.702. The molecule has 1 saturated heterocycles. The monoisotopic (exact) mass is 200 g/mol. The molecule has 1 fully saturated rings. The van der Waals surface area contributed by atoms with Crippen molar-refractivity contribution in [1.82, 2.24) is 10.2 Å². The van der Waals surface area contributed by atoms with Gasteiger partial charge in [-0.1, -0.05) is 0 Å². The van der Waals surface area contributed by atoms with Crippen molar-refractivity contribution in [2.75, 3.05) is 20.1 Å². The van der Waals surface area contributed by atoms with Crippen molar-refractivity contribution < 1.29 is 9.90 Å². The first-order valence-corrected chi connectivity index (χ1v) is 5.25. The molecule has 0 aliphatic carbocycles. The summed E-state index contributed by atoms with van der Waals surface area (Å²) < 4.78 is 0. The summed E-state index contributed by atoms with van der Waals surface area (Å²) in [4.78, 5) is 12.7. The zero-order chi connectivity index (χ0) is 10.6. The van der Waals surface area contributed by atoms with Gasteiger partial charge in [-0.3, -0.25) is 4.79 Å². The van der Waals surface area contributed by atoms with Crippen LogP contribution >= 0.6 is 0 Å². The second-order valence-electron chi connectivity index (χ2n) is 4.16. The molecule has 0 aromatic rings. The van der Waals surface area contributed by atoms with Crippen molar-refractivity contribution in [1.29, 1.82) is 0 Å². The Labute approximate surface area is 85.3 Å². The number of nitrogens with one attached hydrogen (secondary N) is 1. The van der Waals surface area contributed by atoms with Gasteiger partial charge in [0, 0.05) is 25.0 Å². The van der Waals surface area contributed by atoms with E-state index in [0.717, 1.165) is 25.9 Å². The summed E-state index contributed by atoms with van der Waals surface area (Å²) in [7, 11) is 2.10.